The van der Waals surface area contributed by atoms with E-state index in [2.05, 4.69) is 22.5 Å². The van der Waals surface area contributed by atoms with Gasteiger partial charge in [-0.1, -0.05) is 37.5 Å². The Bertz CT molecular complexity index is 437. The van der Waals surface area contributed by atoms with E-state index in [-0.39, 0.29) is 17.8 Å². The van der Waals surface area contributed by atoms with E-state index in [0.717, 1.165) is 12.8 Å². The minimum absolute atomic E-state index is 0.145. The Balaban J connectivity index is 2.49. The molecule has 4 N–H and O–H groups in total. The zero-order valence-electron chi connectivity index (χ0n) is 13.1. The highest BCUT2D eigenvalue weighted by Crippen LogP contribution is 2.24. The highest BCUT2D eigenvalue weighted by Gasteiger charge is 2.17. The van der Waals surface area contributed by atoms with Crippen LogP contribution in [0.5, 0.6) is 0 Å². The number of hydrogen-bond donors (Lipinski definition) is 3. The van der Waals surface area contributed by atoms with Crippen molar-refractivity contribution < 1.29 is 9.53 Å². The largest absolute Gasteiger partial charge is 0.383 e. The first-order chi connectivity index (χ1) is 10.1. The van der Waals surface area contributed by atoms with E-state index in [1.165, 1.54) is 24.2 Å². The molecule has 0 saturated heterocycles. The summed E-state index contributed by atoms with van der Waals surface area (Å²) >= 11 is 1.27. The summed E-state index contributed by atoms with van der Waals surface area (Å²) in [6.07, 6.45) is 4.48. The molecule has 21 heavy (non-hydrogen) atoms. The molecule has 0 radical (unpaired) electrons. The fourth-order valence-corrected chi connectivity index (χ4v) is 2.71. The molecule has 0 aliphatic carbocycles. The summed E-state index contributed by atoms with van der Waals surface area (Å²) in [5.74, 6) is 0.131. The lowest BCUT2D eigenvalue weighted by atomic mass is 10.1. The number of methoxy groups -OCH3 is 1. The van der Waals surface area contributed by atoms with E-state index < -0.39 is 0 Å². The Morgan fingerprint density at radius 1 is 1.48 bits per heavy atom. The Morgan fingerprint density at radius 2 is 2.24 bits per heavy atom. The molecule has 0 bridgehead atoms. The zero-order valence-corrected chi connectivity index (χ0v) is 13.9. The molecule has 7 heteroatoms. The SMILES string of the molecule is CCCCCC(C)NC(=O)c1sc(NCCOC)nc1N. The van der Waals surface area contributed by atoms with Crippen molar-refractivity contribution in [3.63, 3.8) is 0 Å². The lowest BCUT2D eigenvalue weighted by Gasteiger charge is -2.12. The van der Waals surface area contributed by atoms with Crippen molar-refractivity contribution in [2.45, 2.75) is 45.6 Å². The van der Waals surface area contributed by atoms with Crippen LogP contribution in [-0.4, -0.2) is 37.2 Å². The van der Waals surface area contributed by atoms with Crippen molar-refractivity contribution in [2.75, 3.05) is 31.3 Å². The van der Waals surface area contributed by atoms with Crippen molar-refractivity contribution in [2.24, 2.45) is 0 Å². The van der Waals surface area contributed by atoms with Crippen LogP contribution in [0.2, 0.25) is 0 Å². The minimum Gasteiger partial charge on any atom is -0.383 e. The second-order valence-corrected chi connectivity index (χ2v) is 6.02. The summed E-state index contributed by atoms with van der Waals surface area (Å²) in [4.78, 5) is 16.8. The third kappa shape index (κ3) is 6.31. The van der Waals surface area contributed by atoms with Crippen LogP contribution in [-0.2, 0) is 4.74 Å². The van der Waals surface area contributed by atoms with E-state index in [0.29, 0.717) is 23.2 Å². The molecule has 1 aromatic rings. The zero-order chi connectivity index (χ0) is 15.7. The van der Waals surface area contributed by atoms with Gasteiger partial charge in [-0.15, -0.1) is 0 Å². The molecule has 1 amide bonds. The molecule has 120 valence electrons. The van der Waals surface area contributed by atoms with Gasteiger partial charge in [-0.25, -0.2) is 4.98 Å². The quantitative estimate of drug-likeness (QED) is 0.577. The number of nitrogens with two attached hydrogens (primary N) is 1. The van der Waals surface area contributed by atoms with Crippen molar-refractivity contribution >= 4 is 28.2 Å². The monoisotopic (exact) mass is 314 g/mol. The molecule has 0 spiro atoms. The maximum Gasteiger partial charge on any atom is 0.265 e. The van der Waals surface area contributed by atoms with E-state index in [1.807, 2.05) is 6.92 Å². The molecule has 0 saturated carbocycles. The third-order valence-electron chi connectivity index (χ3n) is 3.06. The second-order valence-electron chi connectivity index (χ2n) is 5.02. The molecule has 0 aliphatic heterocycles. The number of nitrogen functional groups attached to an aromatic ring is 1. The molecule has 0 fully saturated rings. The average molecular weight is 314 g/mol. The van der Waals surface area contributed by atoms with Gasteiger partial charge in [0.1, 0.15) is 10.7 Å². The predicted molar refractivity (Wildman–Crippen MR) is 88.0 cm³/mol. The number of ether oxygens (including phenoxy) is 1. The maximum atomic E-state index is 12.2. The molecule has 0 aromatic carbocycles. The van der Waals surface area contributed by atoms with Crippen LogP contribution in [0.1, 0.15) is 49.2 Å². The lowest BCUT2D eigenvalue weighted by Crippen LogP contribution is -2.32. The number of amides is 1. The Hall–Kier alpha value is -1.34. The number of nitrogens with one attached hydrogen (secondary N) is 2. The van der Waals surface area contributed by atoms with Gasteiger partial charge in [-0.3, -0.25) is 4.79 Å². The molecule has 1 unspecified atom stereocenters. The summed E-state index contributed by atoms with van der Waals surface area (Å²) in [6, 6.07) is 0.149. The number of aromatic nitrogens is 1. The second kappa shape index (κ2) is 9.57. The number of carbonyl (C=O) groups is 1. The molecule has 1 heterocycles. The van der Waals surface area contributed by atoms with Crippen LogP contribution in [0.25, 0.3) is 0 Å². The van der Waals surface area contributed by atoms with Gasteiger partial charge in [0.05, 0.1) is 6.61 Å². The number of carbonyl (C=O) groups excluding carboxylic acids is 1. The van der Waals surface area contributed by atoms with Crippen molar-refractivity contribution in [1.29, 1.82) is 0 Å². The van der Waals surface area contributed by atoms with E-state index in [9.17, 15) is 4.79 Å². The average Bonchev–Trinajstić information content (AvgIpc) is 2.80. The molecule has 0 aliphatic rings. The first-order valence-corrected chi connectivity index (χ1v) is 8.20. The number of anilines is 2. The number of unbranched alkanes of at least 4 members (excludes halogenated alkanes) is 2. The van der Waals surface area contributed by atoms with E-state index in [1.54, 1.807) is 7.11 Å². The fourth-order valence-electron chi connectivity index (χ4n) is 1.89. The first kappa shape index (κ1) is 17.7. The number of rotatable bonds is 10. The normalized spacial score (nSPS) is 12.1. The molecule has 1 aromatic heterocycles. The smallest absolute Gasteiger partial charge is 0.265 e. The summed E-state index contributed by atoms with van der Waals surface area (Å²) in [5, 5.41) is 6.70. The van der Waals surface area contributed by atoms with Crippen LogP contribution in [0.3, 0.4) is 0 Å². The third-order valence-corrected chi connectivity index (χ3v) is 4.09. The highest BCUT2D eigenvalue weighted by atomic mass is 32.1. The fraction of sp³-hybridized carbons (Fsp3) is 0.714. The van der Waals surface area contributed by atoms with E-state index in [4.69, 9.17) is 10.5 Å². The van der Waals surface area contributed by atoms with Gasteiger partial charge in [0, 0.05) is 19.7 Å². The standard InChI is InChI=1S/C14H26N4O2S/c1-4-5-6-7-10(2)17-13(19)11-12(15)18-14(21-11)16-8-9-20-3/h10H,4-9,15H2,1-3H3,(H,16,18)(H,17,19). The van der Waals surface area contributed by atoms with Gasteiger partial charge in [-0.05, 0) is 13.3 Å². The Morgan fingerprint density at radius 3 is 2.90 bits per heavy atom. The molecule has 1 atom stereocenters. The first-order valence-electron chi connectivity index (χ1n) is 7.38. The van der Waals surface area contributed by atoms with Crippen molar-refractivity contribution in [3.8, 4) is 0 Å². The van der Waals surface area contributed by atoms with Crippen molar-refractivity contribution in [3.05, 3.63) is 4.88 Å². The van der Waals surface area contributed by atoms with Crippen molar-refractivity contribution in [1.82, 2.24) is 10.3 Å². The number of hydrogen-bond acceptors (Lipinski definition) is 6. The molecule has 1 rings (SSSR count). The van der Waals surface area contributed by atoms with Gasteiger partial charge < -0.3 is 21.1 Å². The van der Waals surface area contributed by atoms with Gasteiger partial charge >= 0.3 is 0 Å². The molecule has 6 nitrogen and oxygen atoms in total. The summed E-state index contributed by atoms with van der Waals surface area (Å²) in [6.45, 7) is 5.40. The number of thiazole rings is 1. The predicted octanol–water partition coefficient (Wildman–Crippen LogP) is 2.48. The summed E-state index contributed by atoms with van der Waals surface area (Å²) < 4.78 is 4.95. The maximum absolute atomic E-state index is 12.2. The van der Waals surface area contributed by atoms with Crippen LogP contribution >= 0.6 is 11.3 Å². The Kier molecular flexibility index (Phi) is 8.07. The molecular formula is C14H26N4O2S. The number of nitrogens with zero attached hydrogens (tertiary/aromatic N) is 1. The van der Waals surface area contributed by atoms with Crippen LogP contribution < -0.4 is 16.4 Å². The van der Waals surface area contributed by atoms with E-state index >= 15 is 0 Å². The molecular weight excluding hydrogens is 288 g/mol. The minimum atomic E-state index is -0.145. The van der Waals surface area contributed by atoms with Gasteiger partial charge in [0.15, 0.2) is 5.13 Å². The van der Waals surface area contributed by atoms with Crippen LogP contribution in [0.15, 0.2) is 0 Å². The lowest BCUT2D eigenvalue weighted by molar-refractivity contribution is 0.0942. The summed E-state index contributed by atoms with van der Waals surface area (Å²) in [7, 11) is 1.64. The van der Waals surface area contributed by atoms with Gasteiger partial charge in [0.2, 0.25) is 0 Å². The summed E-state index contributed by atoms with van der Waals surface area (Å²) in [5.41, 5.74) is 5.81. The van der Waals surface area contributed by atoms with Gasteiger partial charge in [0.25, 0.3) is 5.91 Å². The Labute approximate surface area is 130 Å². The van der Waals surface area contributed by atoms with Crippen LogP contribution in [0.4, 0.5) is 10.9 Å². The van der Waals surface area contributed by atoms with Gasteiger partial charge in [-0.2, -0.15) is 0 Å². The topological polar surface area (TPSA) is 89.3 Å². The highest BCUT2D eigenvalue weighted by molar-refractivity contribution is 7.18. The van der Waals surface area contributed by atoms with Crippen LogP contribution in [0, 0.1) is 0 Å².